The zero-order valence-electron chi connectivity index (χ0n) is 27.4. The van der Waals surface area contributed by atoms with E-state index in [4.69, 9.17) is 0 Å². The fourth-order valence-electron chi connectivity index (χ4n) is 6.10. The van der Waals surface area contributed by atoms with Crippen LogP contribution in [0.4, 0.5) is 34.1 Å². The zero-order chi connectivity index (χ0) is 32.7. The molecule has 232 valence electrons. The average molecular weight is 619 g/mol. The lowest BCUT2D eigenvalue weighted by Crippen LogP contribution is -2.10. The van der Waals surface area contributed by atoms with E-state index in [0.29, 0.717) is 0 Å². The largest absolute Gasteiger partial charge is 0.311 e. The maximum Gasteiger partial charge on any atom is 0.0464 e. The molecule has 0 amide bonds. The van der Waals surface area contributed by atoms with Crippen LogP contribution in [0.15, 0.2) is 182 Å². The van der Waals surface area contributed by atoms with E-state index < -0.39 is 0 Å². The molecule has 0 aromatic heterocycles. The standard InChI is InChI=1S/C46H38N2/c1-35-11-9-17-45(33-35)48(46-18-10-12-36(2)34-46)43-29-23-38(24-30-43)20-19-37-21-25-39(26-22-37)40-27-31-44(32-28-40)47(41-13-5-3-6-14-41)42-15-7-4-8-16-42/h3-34H,1-2H3. The summed E-state index contributed by atoms with van der Waals surface area (Å²) in [6.07, 6.45) is 4.36. The molecule has 0 atom stereocenters. The first-order valence-corrected chi connectivity index (χ1v) is 16.4. The van der Waals surface area contributed by atoms with Crippen LogP contribution in [0.3, 0.4) is 0 Å². The molecular formula is C46H38N2. The highest BCUT2D eigenvalue weighted by atomic mass is 15.1. The Morgan fingerprint density at radius 1 is 0.312 bits per heavy atom. The van der Waals surface area contributed by atoms with E-state index in [2.05, 4.69) is 218 Å². The number of benzene rings is 7. The molecule has 7 aromatic rings. The van der Waals surface area contributed by atoms with Gasteiger partial charge in [0.15, 0.2) is 0 Å². The first kappa shape index (κ1) is 30.5. The minimum Gasteiger partial charge on any atom is -0.311 e. The molecule has 2 nitrogen and oxygen atoms in total. The molecule has 0 aliphatic carbocycles. The highest BCUT2D eigenvalue weighted by Crippen LogP contribution is 2.37. The Bertz CT molecular complexity index is 2030. The van der Waals surface area contributed by atoms with Crippen molar-refractivity contribution in [2.45, 2.75) is 13.8 Å². The molecule has 7 aromatic carbocycles. The summed E-state index contributed by atoms with van der Waals surface area (Å²) in [6.45, 7) is 4.28. The van der Waals surface area contributed by atoms with Gasteiger partial charge in [0.1, 0.15) is 0 Å². The van der Waals surface area contributed by atoms with Gasteiger partial charge in [-0.2, -0.15) is 0 Å². The van der Waals surface area contributed by atoms with Gasteiger partial charge in [0, 0.05) is 34.1 Å². The van der Waals surface area contributed by atoms with Gasteiger partial charge in [0.2, 0.25) is 0 Å². The summed E-state index contributed by atoms with van der Waals surface area (Å²) in [4.78, 5) is 4.60. The summed E-state index contributed by atoms with van der Waals surface area (Å²) >= 11 is 0. The molecule has 0 aliphatic rings. The van der Waals surface area contributed by atoms with Gasteiger partial charge in [0.25, 0.3) is 0 Å². The average Bonchev–Trinajstić information content (AvgIpc) is 3.13. The summed E-state index contributed by atoms with van der Waals surface area (Å²) in [5, 5.41) is 0. The van der Waals surface area contributed by atoms with E-state index in [1.165, 1.54) is 27.8 Å². The summed E-state index contributed by atoms with van der Waals surface area (Å²) in [7, 11) is 0. The molecule has 0 bridgehead atoms. The molecule has 0 saturated carbocycles. The van der Waals surface area contributed by atoms with Crippen LogP contribution >= 0.6 is 0 Å². The van der Waals surface area contributed by atoms with Crippen molar-refractivity contribution in [1.82, 2.24) is 0 Å². The first-order chi connectivity index (χ1) is 23.6. The van der Waals surface area contributed by atoms with Gasteiger partial charge in [-0.15, -0.1) is 0 Å². The second-order valence-corrected chi connectivity index (χ2v) is 12.1. The Morgan fingerprint density at radius 3 is 1.08 bits per heavy atom. The van der Waals surface area contributed by atoms with Crippen LogP contribution in [0.1, 0.15) is 22.3 Å². The predicted molar refractivity (Wildman–Crippen MR) is 206 cm³/mol. The lowest BCUT2D eigenvalue weighted by Gasteiger charge is -2.26. The number of hydrogen-bond acceptors (Lipinski definition) is 2. The van der Waals surface area contributed by atoms with Crippen molar-refractivity contribution in [3.05, 3.63) is 204 Å². The SMILES string of the molecule is Cc1cccc(N(c2ccc(C=Cc3ccc(-c4ccc(N(c5ccccc5)c5ccccc5)cc4)cc3)cc2)c2cccc(C)c2)c1. The second-order valence-electron chi connectivity index (χ2n) is 12.1. The van der Waals surface area contributed by atoms with Crippen molar-refractivity contribution in [2.24, 2.45) is 0 Å². The molecule has 0 N–H and O–H groups in total. The molecule has 7 rings (SSSR count). The Hall–Kier alpha value is -6.12. The van der Waals surface area contributed by atoms with Crippen molar-refractivity contribution in [3.8, 4) is 11.1 Å². The van der Waals surface area contributed by atoms with Crippen molar-refractivity contribution < 1.29 is 0 Å². The van der Waals surface area contributed by atoms with Crippen LogP contribution in [0.5, 0.6) is 0 Å². The maximum absolute atomic E-state index is 2.32. The van der Waals surface area contributed by atoms with Gasteiger partial charge >= 0.3 is 0 Å². The highest BCUT2D eigenvalue weighted by Gasteiger charge is 2.13. The van der Waals surface area contributed by atoms with E-state index in [1.807, 2.05) is 0 Å². The monoisotopic (exact) mass is 618 g/mol. The van der Waals surface area contributed by atoms with Crippen LogP contribution in [-0.2, 0) is 0 Å². The minimum absolute atomic E-state index is 1.13. The molecule has 2 heteroatoms. The molecule has 0 heterocycles. The molecule has 0 radical (unpaired) electrons. The van der Waals surface area contributed by atoms with Gasteiger partial charge in [-0.3, -0.25) is 0 Å². The molecule has 48 heavy (non-hydrogen) atoms. The molecule has 0 unspecified atom stereocenters. The van der Waals surface area contributed by atoms with Crippen molar-refractivity contribution >= 4 is 46.3 Å². The summed E-state index contributed by atoms with van der Waals surface area (Å²) < 4.78 is 0. The lowest BCUT2D eigenvalue weighted by molar-refractivity contribution is 1.26. The smallest absolute Gasteiger partial charge is 0.0464 e. The van der Waals surface area contributed by atoms with E-state index >= 15 is 0 Å². The number of para-hydroxylation sites is 2. The van der Waals surface area contributed by atoms with Crippen molar-refractivity contribution in [2.75, 3.05) is 9.80 Å². The molecular weight excluding hydrogens is 581 g/mol. The Morgan fingerprint density at radius 2 is 0.646 bits per heavy atom. The summed E-state index contributed by atoms with van der Waals surface area (Å²) in [5.74, 6) is 0. The first-order valence-electron chi connectivity index (χ1n) is 16.4. The lowest BCUT2D eigenvalue weighted by atomic mass is 10.0. The van der Waals surface area contributed by atoms with Crippen LogP contribution < -0.4 is 9.80 Å². The zero-order valence-corrected chi connectivity index (χ0v) is 27.4. The summed E-state index contributed by atoms with van der Waals surface area (Å²) in [6, 6.07) is 64.7. The number of hydrogen-bond donors (Lipinski definition) is 0. The predicted octanol–water partition coefficient (Wildman–Crippen LogP) is 13.1. The van der Waals surface area contributed by atoms with E-state index in [1.54, 1.807) is 0 Å². The van der Waals surface area contributed by atoms with E-state index in [0.717, 1.165) is 39.7 Å². The number of nitrogens with zero attached hydrogens (tertiary/aromatic N) is 2. The van der Waals surface area contributed by atoms with Crippen LogP contribution in [0.25, 0.3) is 23.3 Å². The quantitative estimate of drug-likeness (QED) is 0.149. The third kappa shape index (κ3) is 6.99. The molecule has 0 aliphatic heterocycles. The normalized spacial score (nSPS) is 11.0. The Balaban J connectivity index is 1.07. The Labute approximate surface area is 284 Å². The van der Waals surface area contributed by atoms with Gasteiger partial charge < -0.3 is 9.80 Å². The van der Waals surface area contributed by atoms with Gasteiger partial charge in [0.05, 0.1) is 0 Å². The third-order valence-electron chi connectivity index (χ3n) is 8.54. The number of rotatable bonds is 9. The van der Waals surface area contributed by atoms with Crippen molar-refractivity contribution in [3.63, 3.8) is 0 Å². The summed E-state index contributed by atoms with van der Waals surface area (Å²) in [5.41, 5.74) is 14.0. The fraction of sp³-hybridized carbons (Fsp3) is 0.0435. The Kier molecular flexibility index (Phi) is 8.97. The van der Waals surface area contributed by atoms with Gasteiger partial charge in [-0.25, -0.2) is 0 Å². The van der Waals surface area contributed by atoms with Crippen LogP contribution in [-0.4, -0.2) is 0 Å². The van der Waals surface area contributed by atoms with Gasteiger partial charge in [-0.1, -0.05) is 121 Å². The molecule has 0 saturated heterocycles. The highest BCUT2D eigenvalue weighted by molar-refractivity contribution is 5.80. The van der Waals surface area contributed by atoms with Crippen LogP contribution in [0, 0.1) is 13.8 Å². The maximum atomic E-state index is 2.32. The van der Waals surface area contributed by atoms with E-state index in [-0.39, 0.29) is 0 Å². The number of anilines is 6. The second kappa shape index (κ2) is 14.1. The topological polar surface area (TPSA) is 6.48 Å². The molecule has 0 spiro atoms. The fourth-order valence-corrected chi connectivity index (χ4v) is 6.10. The van der Waals surface area contributed by atoms with E-state index in [9.17, 15) is 0 Å². The van der Waals surface area contributed by atoms with Crippen molar-refractivity contribution in [1.29, 1.82) is 0 Å². The van der Waals surface area contributed by atoms with Gasteiger partial charge in [-0.05, 0) is 120 Å². The minimum atomic E-state index is 1.13. The third-order valence-corrected chi connectivity index (χ3v) is 8.54. The molecule has 0 fully saturated rings. The number of aryl methyl sites for hydroxylation is 2. The van der Waals surface area contributed by atoms with Crippen LogP contribution in [0.2, 0.25) is 0 Å².